The molecule has 0 spiro atoms. The van der Waals surface area contributed by atoms with E-state index in [1.165, 1.54) is 0 Å². The number of aliphatic imine (C=N–C) groups is 1. The van der Waals surface area contributed by atoms with Crippen molar-refractivity contribution in [3.05, 3.63) is 11.6 Å². The second-order valence-electron chi connectivity index (χ2n) is 6.76. The van der Waals surface area contributed by atoms with Crippen LogP contribution in [0.3, 0.4) is 0 Å². The van der Waals surface area contributed by atoms with Crippen LogP contribution >= 0.6 is 35.7 Å². The minimum absolute atomic E-state index is 0. The Hall–Kier alpha value is -1.04. The van der Waals surface area contributed by atoms with E-state index in [1.807, 2.05) is 51.1 Å². The van der Waals surface area contributed by atoms with Crippen molar-refractivity contribution >= 4 is 47.6 Å². The molecule has 0 bridgehead atoms. The lowest BCUT2D eigenvalue weighted by atomic mass is 9.92. The van der Waals surface area contributed by atoms with E-state index in [9.17, 15) is 4.79 Å². The van der Waals surface area contributed by atoms with Crippen LogP contribution in [-0.2, 0) is 18.4 Å². The van der Waals surface area contributed by atoms with E-state index in [4.69, 9.17) is 0 Å². The number of nitrogens with one attached hydrogen (secondary N) is 3. The van der Waals surface area contributed by atoms with Crippen LogP contribution in [0.1, 0.15) is 38.8 Å². The minimum atomic E-state index is -0.529. The summed E-state index contributed by atoms with van der Waals surface area (Å²) in [5.74, 6) is 3.46. The number of carbonyl (C=O) groups excluding carboxylic acids is 1. The summed E-state index contributed by atoms with van der Waals surface area (Å²) in [6, 6.07) is 0. The largest absolute Gasteiger partial charge is 0.356 e. The maximum absolute atomic E-state index is 12.2. The number of aryl methyl sites for hydroxylation is 1. The summed E-state index contributed by atoms with van der Waals surface area (Å²) >= 11 is 1.82. The summed E-state index contributed by atoms with van der Waals surface area (Å²) in [5.41, 5.74) is -0.529. The standard InChI is InChI=1S/C17H33N7OS.HI/c1-7-18-15(25)17(3,4)12-21-16(19-9-8-10-26-6)20-11-14-23-22-13(2)24(14)5;/h7-12H2,1-6H3,(H,18,25)(H2,19,20,21);1H. The average molecular weight is 511 g/mol. The van der Waals surface area contributed by atoms with Crippen molar-refractivity contribution in [3.63, 3.8) is 0 Å². The van der Waals surface area contributed by atoms with Gasteiger partial charge in [0.2, 0.25) is 5.91 Å². The molecular weight excluding hydrogens is 477 g/mol. The maximum atomic E-state index is 12.2. The third kappa shape index (κ3) is 9.13. The lowest BCUT2D eigenvalue weighted by Gasteiger charge is -2.25. The van der Waals surface area contributed by atoms with Crippen molar-refractivity contribution in [3.8, 4) is 0 Å². The first-order valence-electron chi connectivity index (χ1n) is 8.96. The first-order chi connectivity index (χ1) is 12.3. The zero-order chi connectivity index (χ0) is 19.6. The van der Waals surface area contributed by atoms with Crippen LogP contribution in [0.25, 0.3) is 0 Å². The molecule has 0 aliphatic rings. The second-order valence-corrected chi connectivity index (χ2v) is 7.74. The molecule has 0 unspecified atom stereocenters. The van der Waals surface area contributed by atoms with Gasteiger partial charge in [0, 0.05) is 26.7 Å². The number of halogens is 1. The van der Waals surface area contributed by atoms with E-state index in [0.717, 1.165) is 30.4 Å². The Morgan fingerprint density at radius 1 is 1.26 bits per heavy atom. The molecule has 0 aliphatic heterocycles. The Balaban J connectivity index is 0.00000676. The van der Waals surface area contributed by atoms with Gasteiger partial charge in [0.15, 0.2) is 11.8 Å². The Morgan fingerprint density at radius 2 is 1.96 bits per heavy atom. The fourth-order valence-electron chi connectivity index (χ4n) is 2.12. The van der Waals surface area contributed by atoms with Crippen LogP contribution in [0.2, 0.25) is 0 Å². The summed E-state index contributed by atoms with van der Waals surface area (Å²) in [4.78, 5) is 16.8. The predicted octanol–water partition coefficient (Wildman–Crippen LogP) is 1.69. The Kier molecular flexibility index (Phi) is 12.7. The molecule has 1 aromatic rings. The summed E-state index contributed by atoms with van der Waals surface area (Å²) in [6.07, 6.45) is 3.14. The van der Waals surface area contributed by atoms with Crippen LogP contribution in [-0.4, -0.2) is 58.3 Å². The number of hydrogen-bond donors (Lipinski definition) is 3. The third-order valence-corrected chi connectivity index (χ3v) is 4.73. The predicted molar refractivity (Wildman–Crippen MR) is 124 cm³/mol. The highest BCUT2D eigenvalue weighted by atomic mass is 127. The summed E-state index contributed by atoms with van der Waals surface area (Å²) in [5, 5.41) is 17.7. The first kappa shape index (κ1) is 26.0. The van der Waals surface area contributed by atoms with E-state index >= 15 is 0 Å². The van der Waals surface area contributed by atoms with Gasteiger partial charge >= 0.3 is 0 Å². The van der Waals surface area contributed by atoms with Crippen molar-refractivity contribution in [2.45, 2.75) is 40.7 Å². The lowest BCUT2D eigenvalue weighted by molar-refractivity contribution is -0.128. The molecule has 156 valence electrons. The molecule has 0 radical (unpaired) electrons. The van der Waals surface area contributed by atoms with E-state index < -0.39 is 5.41 Å². The SMILES string of the molecule is CCNC(=O)C(C)(C)CNC(=NCc1nnc(C)n1C)NCCCSC.I. The Labute approximate surface area is 184 Å². The van der Waals surface area contributed by atoms with Gasteiger partial charge in [-0.25, -0.2) is 4.99 Å². The number of carbonyl (C=O) groups is 1. The molecular formula is C17H34IN7OS. The van der Waals surface area contributed by atoms with Crippen LogP contribution in [0.15, 0.2) is 4.99 Å². The normalized spacial score (nSPS) is 11.7. The number of guanidine groups is 1. The van der Waals surface area contributed by atoms with Gasteiger partial charge in [-0.2, -0.15) is 11.8 Å². The number of hydrogen-bond acceptors (Lipinski definition) is 5. The van der Waals surface area contributed by atoms with Gasteiger partial charge < -0.3 is 20.5 Å². The van der Waals surface area contributed by atoms with Gasteiger partial charge in [0.05, 0.1) is 5.41 Å². The molecule has 1 heterocycles. The fraction of sp³-hybridized carbons (Fsp3) is 0.765. The maximum Gasteiger partial charge on any atom is 0.227 e. The van der Waals surface area contributed by atoms with E-state index in [2.05, 4.69) is 37.4 Å². The van der Waals surface area contributed by atoms with Crippen molar-refractivity contribution < 1.29 is 4.79 Å². The highest BCUT2D eigenvalue weighted by Gasteiger charge is 2.27. The molecule has 1 amide bonds. The quantitative estimate of drug-likeness (QED) is 0.192. The van der Waals surface area contributed by atoms with Gasteiger partial charge in [-0.3, -0.25) is 4.79 Å². The number of thioether (sulfide) groups is 1. The highest BCUT2D eigenvalue weighted by Crippen LogP contribution is 2.13. The summed E-state index contributed by atoms with van der Waals surface area (Å²) < 4.78 is 1.92. The number of aromatic nitrogens is 3. The lowest BCUT2D eigenvalue weighted by Crippen LogP contribution is -2.48. The van der Waals surface area contributed by atoms with Crippen LogP contribution in [0.5, 0.6) is 0 Å². The van der Waals surface area contributed by atoms with Crippen molar-refractivity contribution in [1.82, 2.24) is 30.7 Å². The molecule has 27 heavy (non-hydrogen) atoms. The van der Waals surface area contributed by atoms with Gasteiger partial charge in [0.1, 0.15) is 12.4 Å². The van der Waals surface area contributed by atoms with E-state index in [0.29, 0.717) is 25.6 Å². The van der Waals surface area contributed by atoms with Crippen LogP contribution < -0.4 is 16.0 Å². The van der Waals surface area contributed by atoms with Crippen molar-refractivity contribution in [2.24, 2.45) is 17.5 Å². The molecule has 10 heteroatoms. The minimum Gasteiger partial charge on any atom is -0.356 e. The highest BCUT2D eigenvalue weighted by molar-refractivity contribution is 14.0. The first-order valence-corrected chi connectivity index (χ1v) is 10.4. The molecule has 0 saturated heterocycles. The van der Waals surface area contributed by atoms with Crippen LogP contribution in [0, 0.1) is 12.3 Å². The molecule has 3 N–H and O–H groups in total. The molecule has 1 aromatic heterocycles. The Bertz CT molecular complexity index is 604. The third-order valence-electron chi connectivity index (χ3n) is 4.03. The molecule has 1 rings (SSSR count). The summed E-state index contributed by atoms with van der Waals surface area (Å²) in [6.45, 7) is 10.0. The van der Waals surface area contributed by atoms with Crippen molar-refractivity contribution in [1.29, 1.82) is 0 Å². The van der Waals surface area contributed by atoms with Crippen molar-refractivity contribution in [2.75, 3.05) is 31.6 Å². The van der Waals surface area contributed by atoms with Gasteiger partial charge in [-0.1, -0.05) is 0 Å². The number of rotatable bonds is 10. The number of amides is 1. The van der Waals surface area contributed by atoms with Crippen LogP contribution in [0.4, 0.5) is 0 Å². The molecule has 0 aliphatic carbocycles. The summed E-state index contributed by atoms with van der Waals surface area (Å²) in [7, 11) is 1.93. The number of nitrogens with zero attached hydrogens (tertiary/aromatic N) is 4. The zero-order valence-corrected chi connectivity index (χ0v) is 20.4. The Morgan fingerprint density at radius 3 is 2.52 bits per heavy atom. The fourth-order valence-corrected chi connectivity index (χ4v) is 2.55. The monoisotopic (exact) mass is 511 g/mol. The molecule has 0 saturated carbocycles. The van der Waals surface area contributed by atoms with E-state index in [-0.39, 0.29) is 29.9 Å². The topological polar surface area (TPSA) is 96.2 Å². The van der Waals surface area contributed by atoms with E-state index in [1.54, 1.807) is 0 Å². The van der Waals surface area contributed by atoms with Gasteiger partial charge in [-0.15, -0.1) is 34.2 Å². The van der Waals surface area contributed by atoms with Gasteiger partial charge in [-0.05, 0) is 46.1 Å². The molecule has 0 aromatic carbocycles. The zero-order valence-electron chi connectivity index (χ0n) is 17.3. The molecule has 8 nitrogen and oxygen atoms in total. The molecule has 0 atom stereocenters. The smallest absolute Gasteiger partial charge is 0.227 e. The average Bonchev–Trinajstić information content (AvgIpc) is 2.92. The second kappa shape index (κ2) is 13.2. The van der Waals surface area contributed by atoms with Gasteiger partial charge in [0.25, 0.3) is 0 Å². The molecule has 0 fully saturated rings.